The standard InChI is InChI=1S/C15H17ClN4O2/c16-13-10-11(2-5-14(13)20-7-1-6-17-20)18-15(22)19(8-9-21)12-3-4-12/h1-2,5-7,10,12,21H,3-4,8-9H2,(H,18,22). The molecule has 2 amide bonds. The van der Waals surface area contributed by atoms with Crippen molar-refractivity contribution in [3.05, 3.63) is 41.7 Å². The van der Waals surface area contributed by atoms with E-state index in [-0.39, 0.29) is 18.7 Å². The first-order valence-electron chi connectivity index (χ1n) is 7.17. The maximum Gasteiger partial charge on any atom is 0.322 e. The van der Waals surface area contributed by atoms with Gasteiger partial charge < -0.3 is 15.3 Å². The van der Waals surface area contributed by atoms with Gasteiger partial charge in [0, 0.05) is 30.7 Å². The van der Waals surface area contributed by atoms with Crippen LogP contribution in [0.1, 0.15) is 12.8 Å². The fourth-order valence-corrected chi connectivity index (χ4v) is 2.59. The minimum absolute atomic E-state index is 0.0388. The molecule has 1 aliphatic carbocycles. The van der Waals surface area contributed by atoms with E-state index in [0.717, 1.165) is 18.5 Å². The lowest BCUT2D eigenvalue weighted by Gasteiger charge is -2.22. The van der Waals surface area contributed by atoms with Gasteiger partial charge in [-0.1, -0.05) is 11.6 Å². The lowest BCUT2D eigenvalue weighted by atomic mass is 10.3. The molecule has 1 aromatic carbocycles. The molecular formula is C15H17ClN4O2. The molecule has 2 N–H and O–H groups in total. The highest BCUT2D eigenvalue weighted by atomic mass is 35.5. The van der Waals surface area contributed by atoms with Crippen LogP contribution in [-0.2, 0) is 0 Å². The van der Waals surface area contributed by atoms with Crippen molar-refractivity contribution >= 4 is 23.3 Å². The van der Waals surface area contributed by atoms with E-state index in [2.05, 4.69) is 10.4 Å². The molecule has 1 aromatic heterocycles. The SMILES string of the molecule is O=C(Nc1ccc(-n2cccn2)c(Cl)c1)N(CCO)C1CC1. The van der Waals surface area contributed by atoms with E-state index in [4.69, 9.17) is 16.7 Å². The second-order valence-corrected chi connectivity index (χ2v) is 5.60. The molecule has 0 saturated heterocycles. The highest BCUT2D eigenvalue weighted by Crippen LogP contribution is 2.28. The maximum absolute atomic E-state index is 12.3. The van der Waals surface area contributed by atoms with E-state index in [0.29, 0.717) is 17.3 Å². The van der Waals surface area contributed by atoms with Crippen LogP contribution in [0.5, 0.6) is 0 Å². The van der Waals surface area contributed by atoms with Gasteiger partial charge in [-0.05, 0) is 37.1 Å². The van der Waals surface area contributed by atoms with Crippen LogP contribution >= 0.6 is 11.6 Å². The minimum Gasteiger partial charge on any atom is -0.395 e. The molecular weight excluding hydrogens is 304 g/mol. The summed E-state index contributed by atoms with van der Waals surface area (Å²) in [5.41, 5.74) is 1.37. The molecule has 0 spiro atoms. The molecule has 0 unspecified atom stereocenters. The summed E-state index contributed by atoms with van der Waals surface area (Å²) in [5, 5.41) is 16.5. The van der Waals surface area contributed by atoms with Gasteiger partial charge >= 0.3 is 6.03 Å². The molecule has 2 aromatic rings. The van der Waals surface area contributed by atoms with Gasteiger partial charge in [0.1, 0.15) is 0 Å². The largest absolute Gasteiger partial charge is 0.395 e. The number of carbonyl (C=O) groups excluding carboxylic acids is 1. The number of amides is 2. The van der Waals surface area contributed by atoms with Gasteiger partial charge in [0.2, 0.25) is 0 Å². The van der Waals surface area contributed by atoms with Gasteiger partial charge in [0.25, 0.3) is 0 Å². The maximum atomic E-state index is 12.3. The number of urea groups is 1. The zero-order valence-electron chi connectivity index (χ0n) is 11.9. The number of aliphatic hydroxyl groups is 1. The van der Waals surface area contributed by atoms with Crippen LogP contribution in [0.15, 0.2) is 36.7 Å². The number of carbonyl (C=O) groups is 1. The van der Waals surface area contributed by atoms with Crippen LogP contribution in [0.25, 0.3) is 5.69 Å². The third kappa shape index (κ3) is 3.23. The number of nitrogens with one attached hydrogen (secondary N) is 1. The van der Waals surface area contributed by atoms with Gasteiger partial charge in [0.05, 0.1) is 17.3 Å². The van der Waals surface area contributed by atoms with Crippen molar-refractivity contribution < 1.29 is 9.90 Å². The zero-order chi connectivity index (χ0) is 15.5. The molecule has 0 bridgehead atoms. The summed E-state index contributed by atoms with van der Waals surface area (Å²) < 4.78 is 1.66. The van der Waals surface area contributed by atoms with Crippen molar-refractivity contribution in [2.75, 3.05) is 18.5 Å². The number of aromatic nitrogens is 2. The molecule has 1 heterocycles. The van der Waals surface area contributed by atoms with E-state index < -0.39 is 0 Å². The van der Waals surface area contributed by atoms with Crippen molar-refractivity contribution in [2.24, 2.45) is 0 Å². The summed E-state index contributed by atoms with van der Waals surface area (Å²) >= 11 is 6.25. The fraction of sp³-hybridized carbons (Fsp3) is 0.333. The normalized spacial score (nSPS) is 13.9. The molecule has 1 aliphatic rings. The van der Waals surface area contributed by atoms with Crippen molar-refractivity contribution in [3.63, 3.8) is 0 Å². The van der Waals surface area contributed by atoms with Gasteiger partial charge in [-0.15, -0.1) is 0 Å². The molecule has 1 saturated carbocycles. The van der Waals surface area contributed by atoms with E-state index in [9.17, 15) is 4.79 Å². The first kappa shape index (κ1) is 14.9. The first-order chi connectivity index (χ1) is 10.7. The number of hydrogen-bond acceptors (Lipinski definition) is 3. The molecule has 22 heavy (non-hydrogen) atoms. The monoisotopic (exact) mass is 320 g/mol. The summed E-state index contributed by atoms with van der Waals surface area (Å²) in [6.45, 7) is 0.304. The molecule has 1 fully saturated rings. The molecule has 6 nitrogen and oxygen atoms in total. The Morgan fingerprint density at radius 1 is 1.50 bits per heavy atom. The number of rotatable bonds is 5. The van der Waals surface area contributed by atoms with Crippen molar-refractivity contribution in [1.82, 2.24) is 14.7 Å². The van der Waals surface area contributed by atoms with Crippen molar-refractivity contribution in [1.29, 1.82) is 0 Å². The second kappa shape index (κ2) is 6.37. The van der Waals surface area contributed by atoms with Gasteiger partial charge in [-0.25, -0.2) is 9.48 Å². The third-order valence-corrected chi connectivity index (χ3v) is 3.84. The number of benzene rings is 1. The molecule has 7 heteroatoms. The molecule has 0 radical (unpaired) electrons. The van der Waals surface area contributed by atoms with Crippen LogP contribution in [0.3, 0.4) is 0 Å². The lowest BCUT2D eigenvalue weighted by molar-refractivity contribution is 0.185. The Morgan fingerprint density at radius 2 is 2.32 bits per heavy atom. The predicted molar refractivity (Wildman–Crippen MR) is 84.4 cm³/mol. The Morgan fingerprint density at radius 3 is 2.91 bits per heavy atom. The number of halogens is 1. The van der Waals surface area contributed by atoms with Crippen LogP contribution in [0.2, 0.25) is 5.02 Å². The Hall–Kier alpha value is -2.05. The van der Waals surface area contributed by atoms with Gasteiger partial charge in [-0.3, -0.25) is 0 Å². The lowest BCUT2D eigenvalue weighted by Crippen LogP contribution is -2.38. The smallest absolute Gasteiger partial charge is 0.322 e. The number of nitrogens with zero attached hydrogens (tertiary/aromatic N) is 3. The number of anilines is 1. The first-order valence-corrected chi connectivity index (χ1v) is 7.55. The summed E-state index contributed by atoms with van der Waals surface area (Å²) in [6, 6.07) is 7.13. The van der Waals surface area contributed by atoms with E-state index >= 15 is 0 Å². The van der Waals surface area contributed by atoms with E-state index in [1.807, 2.05) is 6.07 Å². The van der Waals surface area contributed by atoms with Gasteiger partial charge in [-0.2, -0.15) is 5.10 Å². The van der Waals surface area contributed by atoms with Crippen LogP contribution in [0.4, 0.5) is 10.5 Å². The quantitative estimate of drug-likeness (QED) is 0.889. The molecule has 0 aliphatic heterocycles. The molecule has 116 valence electrons. The molecule has 0 atom stereocenters. The molecule has 3 rings (SSSR count). The van der Waals surface area contributed by atoms with Crippen molar-refractivity contribution in [2.45, 2.75) is 18.9 Å². The second-order valence-electron chi connectivity index (χ2n) is 5.20. The summed E-state index contributed by atoms with van der Waals surface area (Å²) in [7, 11) is 0. The van der Waals surface area contributed by atoms with E-state index in [1.54, 1.807) is 40.2 Å². The summed E-state index contributed by atoms with van der Waals surface area (Å²) in [4.78, 5) is 13.9. The Kier molecular flexibility index (Phi) is 4.31. The van der Waals surface area contributed by atoms with Crippen LogP contribution in [0, 0.1) is 0 Å². The number of aliphatic hydroxyl groups excluding tert-OH is 1. The Labute approximate surface area is 133 Å². The van der Waals surface area contributed by atoms with Crippen LogP contribution in [-0.4, -0.2) is 45.0 Å². The van der Waals surface area contributed by atoms with E-state index in [1.165, 1.54) is 0 Å². The zero-order valence-corrected chi connectivity index (χ0v) is 12.7. The Balaban J connectivity index is 1.72. The average molecular weight is 321 g/mol. The highest BCUT2D eigenvalue weighted by molar-refractivity contribution is 6.32. The highest BCUT2D eigenvalue weighted by Gasteiger charge is 2.32. The van der Waals surface area contributed by atoms with Crippen LogP contribution < -0.4 is 5.32 Å². The number of hydrogen-bond donors (Lipinski definition) is 2. The van der Waals surface area contributed by atoms with Crippen molar-refractivity contribution in [3.8, 4) is 5.69 Å². The minimum atomic E-state index is -0.209. The fourth-order valence-electron chi connectivity index (χ4n) is 2.32. The Bertz CT molecular complexity index is 656. The summed E-state index contributed by atoms with van der Waals surface area (Å²) in [5.74, 6) is 0. The van der Waals surface area contributed by atoms with Gasteiger partial charge in [0.15, 0.2) is 0 Å². The predicted octanol–water partition coefficient (Wildman–Crippen LogP) is 2.51. The summed E-state index contributed by atoms with van der Waals surface area (Å²) in [6.07, 6.45) is 5.46. The average Bonchev–Trinajstić information content (AvgIpc) is 3.19. The third-order valence-electron chi connectivity index (χ3n) is 3.54. The topological polar surface area (TPSA) is 70.4 Å².